The Kier molecular flexibility index (Phi) is 6.98. The molecule has 0 rings (SSSR count). The van der Waals surface area contributed by atoms with Crippen molar-refractivity contribution in [1.29, 1.82) is 0 Å². The van der Waals surface area contributed by atoms with E-state index in [-0.39, 0.29) is 18.8 Å². The van der Waals surface area contributed by atoms with Crippen LogP contribution in [-0.2, 0) is 23.1 Å². The summed E-state index contributed by atoms with van der Waals surface area (Å²) in [5, 5.41) is 0. The van der Waals surface area contributed by atoms with Crippen LogP contribution in [0.3, 0.4) is 0 Å². The fourth-order valence-electron chi connectivity index (χ4n) is 1.19. The summed E-state index contributed by atoms with van der Waals surface area (Å²) in [6, 6.07) is 0. The molecular weight excluding hydrogens is 243 g/mol. The van der Waals surface area contributed by atoms with Crippen LogP contribution in [0.4, 0.5) is 0 Å². The SMILES string of the molecule is CCOC(=O)C(C)P(=O)(OC(C)C)OC(C)C. The van der Waals surface area contributed by atoms with Crippen molar-refractivity contribution < 1.29 is 23.1 Å². The Morgan fingerprint density at radius 1 is 1.06 bits per heavy atom. The van der Waals surface area contributed by atoms with Crippen LogP contribution in [0.15, 0.2) is 0 Å². The average molecular weight is 266 g/mol. The molecule has 0 spiro atoms. The molecule has 0 radical (unpaired) electrons. The smallest absolute Gasteiger partial charge is 0.345 e. The molecule has 102 valence electrons. The summed E-state index contributed by atoms with van der Waals surface area (Å²) < 4.78 is 28.0. The molecule has 0 aromatic rings. The fraction of sp³-hybridized carbons (Fsp3) is 0.909. The normalized spacial score (nSPS) is 14.1. The van der Waals surface area contributed by atoms with E-state index in [1.807, 2.05) is 0 Å². The molecule has 0 saturated heterocycles. The second-order valence-electron chi connectivity index (χ2n) is 4.28. The first-order valence-electron chi connectivity index (χ1n) is 5.86. The Morgan fingerprint density at radius 2 is 1.47 bits per heavy atom. The maximum atomic E-state index is 12.5. The van der Waals surface area contributed by atoms with E-state index in [1.54, 1.807) is 34.6 Å². The minimum atomic E-state index is -3.48. The highest BCUT2D eigenvalue weighted by molar-refractivity contribution is 7.55. The van der Waals surface area contributed by atoms with Crippen molar-refractivity contribution in [3.8, 4) is 0 Å². The number of hydrogen-bond acceptors (Lipinski definition) is 5. The first kappa shape index (κ1) is 16.6. The zero-order valence-electron chi connectivity index (χ0n) is 11.4. The van der Waals surface area contributed by atoms with Crippen LogP contribution in [0.2, 0.25) is 0 Å². The highest BCUT2D eigenvalue weighted by atomic mass is 31.2. The molecule has 0 heterocycles. The molecule has 17 heavy (non-hydrogen) atoms. The van der Waals surface area contributed by atoms with Gasteiger partial charge in [0.15, 0.2) is 5.66 Å². The zero-order chi connectivity index (χ0) is 13.6. The third kappa shape index (κ3) is 5.66. The minimum Gasteiger partial charge on any atom is -0.465 e. The van der Waals surface area contributed by atoms with Gasteiger partial charge in [-0.2, -0.15) is 0 Å². The molecule has 5 nitrogen and oxygen atoms in total. The summed E-state index contributed by atoms with van der Waals surface area (Å²) in [4.78, 5) is 11.6. The summed E-state index contributed by atoms with van der Waals surface area (Å²) >= 11 is 0. The third-order valence-corrected chi connectivity index (χ3v) is 4.41. The lowest BCUT2D eigenvalue weighted by molar-refractivity contribution is -0.142. The van der Waals surface area contributed by atoms with Crippen molar-refractivity contribution in [2.75, 3.05) is 6.61 Å². The van der Waals surface area contributed by atoms with E-state index in [1.165, 1.54) is 6.92 Å². The van der Waals surface area contributed by atoms with Gasteiger partial charge in [-0.1, -0.05) is 0 Å². The van der Waals surface area contributed by atoms with Gasteiger partial charge in [-0.25, -0.2) is 0 Å². The molecule has 0 bridgehead atoms. The molecule has 0 aliphatic carbocycles. The Balaban J connectivity index is 4.90. The van der Waals surface area contributed by atoms with E-state index >= 15 is 0 Å². The quantitative estimate of drug-likeness (QED) is 0.523. The van der Waals surface area contributed by atoms with Crippen molar-refractivity contribution in [3.63, 3.8) is 0 Å². The van der Waals surface area contributed by atoms with Crippen LogP contribution >= 0.6 is 7.60 Å². The topological polar surface area (TPSA) is 61.8 Å². The Hall–Kier alpha value is -0.380. The molecule has 6 heteroatoms. The van der Waals surface area contributed by atoms with Gasteiger partial charge in [0, 0.05) is 0 Å². The highest BCUT2D eigenvalue weighted by Gasteiger charge is 2.40. The molecule has 0 saturated carbocycles. The van der Waals surface area contributed by atoms with Crippen LogP contribution in [0.25, 0.3) is 0 Å². The maximum absolute atomic E-state index is 12.5. The van der Waals surface area contributed by atoms with Gasteiger partial charge in [-0.15, -0.1) is 0 Å². The molecule has 1 unspecified atom stereocenters. The molecule has 1 atom stereocenters. The van der Waals surface area contributed by atoms with Gasteiger partial charge in [-0.05, 0) is 41.5 Å². The first-order chi connectivity index (χ1) is 7.73. The van der Waals surface area contributed by atoms with Crippen molar-refractivity contribution in [3.05, 3.63) is 0 Å². The summed E-state index contributed by atoms with van der Waals surface area (Å²) in [6.45, 7) is 10.4. The van der Waals surface area contributed by atoms with E-state index < -0.39 is 19.2 Å². The summed E-state index contributed by atoms with van der Waals surface area (Å²) in [5.74, 6) is -0.558. The average Bonchev–Trinajstić information content (AvgIpc) is 2.14. The number of carbonyl (C=O) groups excluding carboxylic acids is 1. The number of rotatable bonds is 7. The van der Waals surface area contributed by atoms with Crippen LogP contribution in [0.5, 0.6) is 0 Å². The van der Waals surface area contributed by atoms with Gasteiger partial charge in [0.2, 0.25) is 0 Å². The lowest BCUT2D eigenvalue weighted by Crippen LogP contribution is -2.25. The fourth-order valence-corrected chi connectivity index (χ4v) is 3.11. The summed E-state index contributed by atoms with van der Waals surface area (Å²) in [5.41, 5.74) is -0.910. The van der Waals surface area contributed by atoms with Gasteiger partial charge < -0.3 is 13.8 Å². The second kappa shape index (κ2) is 7.14. The predicted molar refractivity (Wildman–Crippen MR) is 66.1 cm³/mol. The van der Waals surface area contributed by atoms with E-state index in [2.05, 4.69) is 0 Å². The van der Waals surface area contributed by atoms with Crippen molar-refractivity contribution in [2.45, 2.75) is 59.4 Å². The van der Waals surface area contributed by atoms with E-state index in [0.29, 0.717) is 0 Å². The van der Waals surface area contributed by atoms with E-state index in [0.717, 1.165) is 0 Å². The standard InChI is InChI=1S/C11H23O5P/c1-7-14-11(12)10(6)17(13,15-8(2)3)16-9(4)5/h8-10H,7H2,1-6H3. The van der Waals surface area contributed by atoms with Crippen molar-refractivity contribution in [2.24, 2.45) is 0 Å². The van der Waals surface area contributed by atoms with Gasteiger partial charge >= 0.3 is 13.6 Å². The summed E-state index contributed by atoms with van der Waals surface area (Å²) in [6.07, 6.45) is -0.562. The van der Waals surface area contributed by atoms with Gasteiger partial charge in [0.1, 0.15) is 0 Å². The zero-order valence-corrected chi connectivity index (χ0v) is 12.3. The lowest BCUT2D eigenvalue weighted by Gasteiger charge is -2.26. The number of ether oxygens (including phenoxy) is 1. The third-order valence-electron chi connectivity index (χ3n) is 1.82. The Morgan fingerprint density at radius 3 is 1.76 bits per heavy atom. The number of esters is 1. The predicted octanol–water partition coefficient (Wildman–Crippen LogP) is 2.98. The largest absolute Gasteiger partial charge is 0.465 e. The van der Waals surface area contributed by atoms with Crippen LogP contribution in [-0.4, -0.2) is 30.4 Å². The Labute approximate surface area is 103 Å². The van der Waals surface area contributed by atoms with Crippen LogP contribution in [0, 0.1) is 0 Å². The molecule has 0 amide bonds. The van der Waals surface area contributed by atoms with Crippen molar-refractivity contribution >= 4 is 13.6 Å². The molecule has 0 aromatic heterocycles. The van der Waals surface area contributed by atoms with Crippen molar-refractivity contribution in [1.82, 2.24) is 0 Å². The molecule has 0 fully saturated rings. The lowest BCUT2D eigenvalue weighted by atomic mass is 10.5. The van der Waals surface area contributed by atoms with Gasteiger partial charge in [-0.3, -0.25) is 9.36 Å². The minimum absolute atomic E-state index is 0.243. The molecule has 0 aliphatic heterocycles. The van der Waals surface area contributed by atoms with Gasteiger partial charge in [0.05, 0.1) is 18.8 Å². The molecule has 0 N–H and O–H groups in total. The van der Waals surface area contributed by atoms with Crippen LogP contribution in [0.1, 0.15) is 41.5 Å². The highest BCUT2D eigenvalue weighted by Crippen LogP contribution is 2.55. The monoisotopic (exact) mass is 266 g/mol. The first-order valence-corrected chi connectivity index (χ1v) is 7.47. The Bertz CT molecular complexity index is 274. The number of hydrogen-bond donors (Lipinski definition) is 0. The molecular formula is C11H23O5P. The summed E-state index contributed by atoms with van der Waals surface area (Å²) in [7, 11) is -3.48. The maximum Gasteiger partial charge on any atom is 0.345 e. The molecule has 0 aliphatic rings. The molecule has 0 aromatic carbocycles. The van der Waals surface area contributed by atoms with E-state index in [4.69, 9.17) is 13.8 Å². The number of carbonyl (C=O) groups is 1. The second-order valence-corrected chi connectivity index (χ2v) is 6.55. The van der Waals surface area contributed by atoms with Gasteiger partial charge in [0.25, 0.3) is 0 Å². The van der Waals surface area contributed by atoms with E-state index in [9.17, 15) is 9.36 Å². The van der Waals surface area contributed by atoms with Crippen LogP contribution < -0.4 is 0 Å².